The number of nitrogen functional groups attached to an aromatic ring is 1. The van der Waals surface area contributed by atoms with Crippen molar-refractivity contribution in [3.63, 3.8) is 0 Å². The highest BCUT2D eigenvalue weighted by atomic mass is 16.5. The van der Waals surface area contributed by atoms with Gasteiger partial charge in [0.05, 0.1) is 19.8 Å². The summed E-state index contributed by atoms with van der Waals surface area (Å²) in [6, 6.07) is 20.4. The quantitative estimate of drug-likeness (QED) is 0.277. The van der Waals surface area contributed by atoms with Gasteiger partial charge in [0.15, 0.2) is 23.0 Å². The molecule has 0 heterocycles. The number of methoxy groups -OCH3 is 2. The van der Waals surface area contributed by atoms with E-state index in [4.69, 9.17) is 19.9 Å². The molecule has 0 aliphatic carbocycles. The van der Waals surface area contributed by atoms with Gasteiger partial charge in [0.2, 0.25) is 0 Å². The lowest BCUT2D eigenvalue weighted by Crippen LogP contribution is -1.98. The zero-order chi connectivity index (χ0) is 24.2. The van der Waals surface area contributed by atoms with E-state index in [0.717, 1.165) is 11.1 Å². The normalized spacial score (nSPS) is 10.6. The Morgan fingerprint density at radius 1 is 0.765 bits per heavy atom. The van der Waals surface area contributed by atoms with E-state index < -0.39 is 0 Å². The molecule has 174 valence electrons. The summed E-state index contributed by atoms with van der Waals surface area (Å²) in [5.41, 5.74) is 9.49. The van der Waals surface area contributed by atoms with Gasteiger partial charge in [-0.15, -0.1) is 0 Å². The van der Waals surface area contributed by atoms with Crippen LogP contribution in [0, 0.1) is 0 Å². The Bertz CT molecular complexity index is 1320. The van der Waals surface area contributed by atoms with Crippen molar-refractivity contribution in [3.8, 4) is 56.8 Å². The monoisotopic (exact) mass is 459 g/mol. The highest BCUT2D eigenvalue weighted by Gasteiger charge is 2.22. The van der Waals surface area contributed by atoms with Gasteiger partial charge >= 0.3 is 0 Å². The predicted molar refractivity (Wildman–Crippen MR) is 131 cm³/mol. The Labute approximate surface area is 197 Å². The van der Waals surface area contributed by atoms with E-state index in [2.05, 4.69) is 0 Å². The summed E-state index contributed by atoms with van der Waals surface area (Å²) >= 11 is 0. The molecule has 0 aliphatic heterocycles. The van der Waals surface area contributed by atoms with Crippen LogP contribution in [0.25, 0.3) is 22.3 Å². The molecule has 4 aromatic carbocycles. The van der Waals surface area contributed by atoms with Gasteiger partial charge in [-0.25, -0.2) is 0 Å². The molecule has 0 atom stereocenters. The Hall–Kier alpha value is -4.52. The van der Waals surface area contributed by atoms with Crippen LogP contribution in [0.15, 0.2) is 72.8 Å². The second kappa shape index (κ2) is 9.54. The minimum Gasteiger partial charge on any atom is -0.508 e. The van der Waals surface area contributed by atoms with E-state index in [1.54, 1.807) is 54.6 Å². The third-order valence-corrected chi connectivity index (χ3v) is 5.41. The molecule has 0 unspecified atom stereocenters. The summed E-state index contributed by atoms with van der Waals surface area (Å²) < 4.78 is 16.8. The first-order valence-electron chi connectivity index (χ1n) is 10.5. The van der Waals surface area contributed by atoms with E-state index in [1.165, 1.54) is 20.3 Å². The Kier molecular flexibility index (Phi) is 6.36. The molecule has 5 N–H and O–H groups in total. The van der Waals surface area contributed by atoms with Gasteiger partial charge in [0, 0.05) is 11.3 Å². The van der Waals surface area contributed by atoms with Crippen LogP contribution in [0.1, 0.15) is 5.56 Å². The van der Waals surface area contributed by atoms with E-state index in [9.17, 15) is 15.3 Å². The molecule has 0 aliphatic rings. The lowest BCUT2D eigenvalue weighted by molar-refractivity contribution is 0.289. The van der Waals surface area contributed by atoms with Crippen molar-refractivity contribution in [1.29, 1.82) is 0 Å². The average Bonchev–Trinajstić information content (AvgIpc) is 2.83. The van der Waals surface area contributed by atoms with Gasteiger partial charge in [-0.2, -0.15) is 0 Å². The molecule has 4 aromatic rings. The highest BCUT2D eigenvalue weighted by Crippen LogP contribution is 2.50. The van der Waals surface area contributed by atoms with Crippen molar-refractivity contribution < 1.29 is 29.5 Å². The second-order valence-electron chi connectivity index (χ2n) is 7.65. The molecule has 34 heavy (non-hydrogen) atoms. The molecule has 0 bridgehead atoms. The number of anilines is 1. The van der Waals surface area contributed by atoms with Crippen LogP contribution >= 0.6 is 0 Å². The maximum absolute atomic E-state index is 11.1. The zero-order valence-corrected chi connectivity index (χ0v) is 18.8. The maximum Gasteiger partial charge on any atom is 0.170 e. The molecule has 7 heteroatoms. The standard InChI is InChI=1S/C27H25NO6/c1-32-24-14-21(17-6-9-20(29)10-7-17)27(33-2)26(31)25(24)18-8-11-23(22(30)13-18)34-15-16-4-3-5-19(28)12-16/h3-14,29-31H,15,28H2,1-2H3. The Morgan fingerprint density at radius 3 is 2.15 bits per heavy atom. The molecule has 0 spiro atoms. The van der Waals surface area contributed by atoms with Crippen LogP contribution in [0.5, 0.6) is 34.5 Å². The fourth-order valence-corrected chi connectivity index (χ4v) is 3.77. The van der Waals surface area contributed by atoms with Crippen molar-refractivity contribution in [2.75, 3.05) is 20.0 Å². The molecule has 0 fully saturated rings. The molecule has 0 saturated carbocycles. The number of hydrogen-bond acceptors (Lipinski definition) is 7. The van der Waals surface area contributed by atoms with Gasteiger partial charge in [0.25, 0.3) is 0 Å². The zero-order valence-electron chi connectivity index (χ0n) is 18.8. The summed E-state index contributed by atoms with van der Waals surface area (Å²) in [7, 11) is 2.95. The minimum atomic E-state index is -0.141. The summed E-state index contributed by atoms with van der Waals surface area (Å²) in [4.78, 5) is 0. The lowest BCUT2D eigenvalue weighted by atomic mass is 9.96. The maximum atomic E-state index is 11.1. The molecule has 7 nitrogen and oxygen atoms in total. The van der Waals surface area contributed by atoms with Crippen LogP contribution in [0.4, 0.5) is 5.69 Å². The molecular formula is C27H25NO6. The van der Waals surface area contributed by atoms with Gasteiger partial charge in [-0.1, -0.05) is 30.3 Å². The van der Waals surface area contributed by atoms with Gasteiger partial charge in [-0.3, -0.25) is 0 Å². The molecule has 4 rings (SSSR count). The van der Waals surface area contributed by atoms with Crippen LogP contribution < -0.4 is 19.9 Å². The summed E-state index contributed by atoms with van der Waals surface area (Å²) in [5.74, 6) is 0.806. The van der Waals surface area contributed by atoms with Crippen LogP contribution in [0.2, 0.25) is 0 Å². The van der Waals surface area contributed by atoms with E-state index >= 15 is 0 Å². The second-order valence-corrected chi connectivity index (χ2v) is 7.65. The van der Waals surface area contributed by atoms with E-state index in [1.807, 2.05) is 12.1 Å². The summed E-state index contributed by atoms with van der Waals surface area (Å²) in [6.45, 7) is 0.238. The van der Waals surface area contributed by atoms with Crippen molar-refractivity contribution in [1.82, 2.24) is 0 Å². The smallest absolute Gasteiger partial charge is 0.170 e. The van der Waals surface area contributed by atoms with Crippen molar-refractivity contribution >= 4 is 5.69 Å². The first-order valence-corrected chi connectivity index (χ1v) is 10.5. The fraction of sp³-hybridized carbons (Fsp3) is 0.111. The molecule has 0 radical (unpaired) electrons. The topological polar surface area (TPSA) is 114 Å². The fourth-order valence-electron chi connectivity index (χ4n) is 3.77. The number of hydrogen-bond donors (Lipinski definition) is 4. The van der Waals surface area contributed by atoms with Crippen LogP contribution in [-0.2, 0) is 6.61 Å². The first-order chi connectivity index (χ1) is 16.4. The van der Waals surface area contributed by atoms with Crippen LogP contribution in [-0.4, -0.2) is 29.5 Å². The van der Waals surface area contributed by atoms with Crippen molar-refractivity contribution in [2.24, 2.45) is 0 Å². The predicted octanol–water partition coefficient (Wildman–Crippen LogP) is 5.32. The minimum absolute atomic E-state index is 0.0931. The van der Waals surface area contributed by atoms with Gasteiger partial charge in [-0.05, 0) is 59.2 Å². The number of aromatic hydroxyl groups is 3. The first kappa shape index (κ1) is 22.7. The number of ether oxygens (including phenoxy) is 3. The molecule has 0 aromatic heterocycles. The Balaban J connectivity index is 1.70. The van der Waals surface area contributed by atoms with Crippen molar-refractivity contribution in [3.05, 3.63) is 78.4 Å². The number of nitrogens with two attached hydrogens (primary N) is 1. The van der Waals surface area contributed by atoms with Gasteiger partial charge < -0.3 is 35.3 Å². The van der Waals surface area contributed by atoms with E-state index in [0.29, 0.717) is 28.1 Å². The number of rotatable bonds is 7. The number of phenols is 3. The van der Waals surface area contributed by atoms with E-state index in [-0.39, 0.29) is 35.4 Å². The SMILES string of the molecule is COc1cc(-c2ccc(O)cc2)c(OC)c(O)c1-c1ccc(OCc2cccc(N)c2)c(O)c1. The largest absolute Gasteiger partial charge is 0.508 e. The lowest BCUT2D eigenvalue weighted by Gasteiger charge is -2.18. The molecular weight excluding hydrogens is 434 g/mol. The third-order valence-electron chi connectivity index (χ3n) is 5.41. The Morgan fingerprint density at radius 2 is 1.50 bits per heavy atom. The number of phenolic OH excluding ortho intramolecular Hbond substituents is 3. The molecule has 0 saturated heterocycles. The third kappa shape index (κ3) is 4.49. The average molecular weight is 459 g/mol. The highest BCUT2D eigenvalue weighted by molar-refractivity contribution is 5.88. The van der Waals surface area contributed by atoms with Gasteiger partial charge in [0.1, 0.15) is 18.1 Å². The molecule has 0 amide bonds. The van der Waals surface area contributed by atoms with Crippen molar-refractivity contribution in [2.45, 2.75) is 6.61 Å². The van der Waals surface area contributed by atoms with Crippen LogP contribution in [0.3, 0.4) is 0 Å². The number of benzene rings is 4. The summed E-state index contributed by atoms with van der Waals surface area (Å²) in [6.07, 6.45) is 0. The summed E-state index contributed by atoms with van der Waals surface area (Å²) in [5, 5.41) is 31.3.